The third-order valence-electron chi connectivity index (χ3n) is 4.46. The van der Waals surface area contributed by atoms with Crippen molar-refractivity contribution >= 4 is 0 Å². The van der Waals surface area contributed by atoms with Crippen molar-refractivity contribution in [2.45, 2.75) is 45.1 Å². The van der Waals surface area contributed by atoms with Gasteiger partial charge in [0.15, 0.2) is 0 Å². The molecule has 3 rings (SSSR count). The third kappa shape index (κ3) is 3.32. The van der Waals surface area contributed by atoms with E-state index < -0.39 is 0 Å². The Bertz CT molecular complexity index is 593. The molecule has 112 valence electrons. The van der Waals surface area contributed by atoms with Gasteiger partial charge in [0, 0.05) is 18.0 Å². The maximum absolute atomic E-state index is 5.47. The van der Waals surface area contributed by atoms with Crippen LogP contribution in [0.5, 0.6) is 0 Å². The maximum atomic E-state index is 5.47. The van der Waals surface area contributed by atoms with Gasteiger partial charge in [-0.25, -0.2) is 0 Å². The molecule has 4 heteroatoms. The predicted molar refractivity (Wildman–Crippen MR) is 83.0 cm³/mol. The van der Waals surface area contributed by atoms with Crippen molar-refractivity contribution in [3.63, 3.8) is 0 Å². The number of rotatable bonds is 4. The van der Waals surface area contributed by atoms with Crippen molar-refractivity contribution < 1.29 is 4.52 Å². The van der Waals surface area contributed by atoms with Gasteiger partial charge in [-0.05, 0) is 38.8 Å². The number of nitrogens with zero attached hydrogens (tertiary/aromatic N) is 2. The lowest BCUT2D eigenvalue weighted by Gasteiger charge is -2.30. The van der Waals surface area contributed by atoms with E-state index in [4.69, 9.17) is 4.52 Å². The SMILES string of the molecule is CNC1CCCCC1Cc1nc(-c2cccc(C)c2)no1. The number of hydrogen-bond acceptors (Lipinski definition) is 4. The molecule has 1 aromatic heterocycles. The van der Waals surface area contributed by atoms with E-state index in [0.717, 1.165) is 17.9 Å². The molecular weight excluding hydrogens is 262 g/mol. The van der Waals surface area contributed by atoms with Crippen molar-refractivity contribution in [3.8, 4) is 11.4 Å². The Morgan fingerprint density at radius 3 is 2.95 bits per heavy atom. The summed E-state index contributed by atoms with van der Waals surface area (Å²) in [5.74, 6) is 2.07. The van der Waals surface area contributed by atoms with Crippen molar-refractivity contribution in [2.24, 2.45) is 5.92 Å². The molecule has 2 atom stereocenters. The molecule has 1 aliphatic rings. The van der Waals surface area contributed by atoms with E-state index in [1.165, 1.54) is 31.2 Å². The average molecular weight is 285 g/mol. The number of aryl methyl sites for hydroxylation is 1. The standard InChI is InChI=1S/C17H23N3O/c1-12-6-5-8-14(10-12)17-19-16(21-20-17)11-13-7-3-4-9-15(13)18-2/h5-6,8,10,13,15,18H,3-4,7,9,11H2,1-2H3. The quantitative estimate of drug-likeness (QED) is 0.935. The molecule has 1 fully saturated rings. The van der Waals surface area contributed by atoms with Crippen LogP contribution in [0.1, 0.15) is 37.1 Å². The molecule has 0 saturated heterocycles. The van der Waals surface area contributed by atoms with Crippen molar-refractivity contribution in [3.05, 3.63) is 35.7 Å². The molecule has 1 heterocycles. The fourth-order valence-corrected chi connectivity index (χ4v) is 3.30. The molecule has 1 aliphatic carbocycles. The summed E-state index contributed by atoms with van der Waals surface area (Å²) in [5, 5.41) is 7.57. The molecular formula is C17H23N3O. The van der Waals surface area contributed by atoms with Gasteiger partial charge in [-0.3, -0.25) is 0 Å². The van der Waals surface area contributed by atoms with Gasteiger partial charge in [-0.1, -0.05) is 41.8 Å². The third-order valence-corrected chi connectivity index (χ3v) is 4.46. The fraction of sp³-hybridized carbons (Fsp3) is 0.529. The first-order valence-electron chi connectivity index (χ1n) is 7.83. The zero-order chi connectivity index (χ0) is 14.7. The normalized spacial score (nSPS) is 22.4. The summed E-state index contributed by atoms with van der Waals surface area (Å²) in [4.78, 5) is 4.58. The van der Waals surface area contributed by atoms with E-state index in [1.54, 1.807) is 0 Å². The highest BCUT2D eigenvalue weighted by Gasteiger charge is 2.26. The van der Waals surface area contributed by atoms with E-state index in [0.29, 0.717) is 17.8 Å². The number of aromatic nitrogens is 2. The van der Waals surface area contributed by atoms with Crippen LogP contribution >= 0.6 is 0 Å². The molecule has 0 amide bonds. The van der Waals surface area contributed by atoms with E-state index >= 15 is 0 Å². The second-order valence-corrected chi connectivity index (χ2v) is 6.03. The Morgan fingerprint density at radius 1 is 1.29 bits per heavy atom. The Balaban J connectivity index is 1.73. The Kier molecular flexibility index (Phi) is 4.34. The zero-order valence-corrected chi connectivity index (χ0v) is 12.8. The summed E-state index contributed by atoms with van der Waals surface area (Å²) in [6, 6.07) is 8.79. The molecule has 0 radical (unpaired) electrons. The van der Waals surface area contributed by atoms with Gasteiger partial charge >= 0.3 is 0 Å². The summed E-state index contributed by atoms with van der Waals surface area (Å²) in [6.07, 6.45) is 6.00. The van der Waals surface area contributed by atoms with E-state index in [1.807, 2.05) is 12.1 Å². The summed E-state index contributed by atoms with van der Waals surface area (Å²) in [5.41, 5.74) is 2.24. The largest absolute Gasteiger partial charge is 0.339 e. The van der Waals surface area contributed by atoms with Crippen LogP contribution in [-0.2, 0) is 6.42 Å². The highest BCUT2D eigenvalue weighted by molar-refractivity contribution is 5.55. The Labute approximate surface area is 126 Å². The van der Waals surface area contributed by atoms with Gasteiger partial charge in [-0.2, -0.15) is 4.98 Å². The van der Waals surface area contributed by atoms with Gasteiger partial charge in [0.05, 0.1) is 0 Å². The first-order chi connectivity index (χ1) is 10.3. The van der Waals surface area contributed by atoms with Crippen LogP contribution in [0.15, 0.2) is 28.8 Å². The van der Waals surface area contributed by atoms with Gasteiger partial charge in [0.25, 0.3) is 0 Å². The molecule has 1 N–H and O–H groups in total. The summed E-state index contributed by atoms with van der Waals surface area (Å²) < 4.78 is 5.47. The Morgan fingerprint density at radius 2 is 2.14 bits per heavy atom. The second kappa shape index (κ2) is 6.39. The lowest BCUT2D eigenvalue weighted by atomic mass is 9.82. The number of benzene rings is 1. The van der Waals surface area contributed by atoms with E-state index in [9.17, 15) is 0 Å². The summed E-state index contributed by atoms with van der Waals surface area (Å²) in [7, 11) is 2.05. The topological polar surface area (TPSA) is 51.0 Å². The number of hydrogen-bond donors (Lipinski definition) is 1. The first kappa shape index (κ1) is 14.3. The first-order valence-corrected chi connectivity index (χ1v) is 7.83. The monoisotopic (exact) mass is 285 g/mol. The van der Waals surface area contributed by atoms with Crippen LogP contribution in [0.4, 0.5) is 0 Å². The number of nitrogens with one attached hydrogen (secondary N) is 1. The highest BCUT2D eigenvalue weighted by Crippen LogP contribution is 2.27. The maximum Gasteiger partial charge on any atom is 0.227 e. The molecule has 2 unspecified atom stereocenters. The molecule has 21 heavy (non-hydrogen) atoms. The molecule has 0 aliphatic heterocycles. The molecule has 0 bridgehead atoms. The second-order valence-electron chi connectivity index (χ2n) is 6.03. The lowest BCUT2D eigenvalue weighted by Crippen LogP contribution is -2.37. The molecule has 4 nitrogen and oxygen atoms in total. The lowest BCUT2D eigenvalue weighted by molar-refractivity contribution is 0.248. The zero-order valence-electron chi connectivity index (χ0n) is 12.8. The molecule has 2 aromatic rings. The van der Waals surface area contributed by atoms with Crippen LogP contribution in [0, 0.1) is 12.8 Å². The summed E-state index contributed by atoms with van der Waals surface area (Å²) >= 11 is 0. The van der Waals surface area contributed by atoms with Gasteiger partial charge in [0.1, 0.15) is 0 Å². The Hall–Kier alpha value is -1.68. The summed E-state index contributed by atoms with van der Waals surface area (Å²) in [6.45, 7) is 2.07. The van der Waals surface area contributed by atoms with E-state index in [2.05, 4.69) is 41.6 Å². The average Bonchev–Trinajstić information content (AvgIpc) is 2.96. The van der Waals surface area contributed by atoms with E-state index in [-0.39, 0.29) is 0 Å². The van der Waals surface area contributed by atoms with Crippen molar-refractivity contribution in [1.82, 2.24) is 15.5 Å². The van der Waals surface area contributed by atoms with Crippen LogP contribution in [0.3, 0.4) is 0 Å². The van der Waals surface area contributed by atoms with Gasteiger partial charge in [0.2, 0.25) is 11.7 Å². The van der Waals surface area contributed by atoms with Crippen molar-refractivity contribution in [1.29, 1.82) is 0 Å². The predicted octanol–water partition coefficient (Wildman–Crippen LogP) is 3.37. The van der Waals surface area contributed by atoms with Gasteiger partial charge in [-0.15, -0.1) is 0 Å². The van der Waals surface area contributed by atoms with Crippen LogP contribution in [-0.4, -0.2) is 23.2 Å². The van der Waals surface area contributed by atoms with Crippen LogP contribution in [0.25, 0.3) is 11.4 Å². The fourth-order valence-electron chi connectivity index (χ4n) is 3.30. The molecule has 1 aromatic carbocycles. The minimum absolute atomic E-state index is 0.577. The molecule has 1 saturated carbocycles. The van der Waals surface area contributed by atoms with Gasteiger partial charge < -0.3 is 9.84 Å². The van der Waals surface area contributed by atoms with Crippen LogP contribution in [0.2, 0.25) is 0 Å². The highest BCUT2D eigenvalue weighted by atomic mass is 16.5. The van der Waals surface area contributed by atoms with Crippen LogP contribution < -0.4 is 5.32 Å². The minimum Gasteiger partial charge on any atom is -0.339 e. The smallest absolute Gasteiger partial charge is 0.227 e. The minimum atomic E-state index is 0.577. The molecule has 0 spiro atoms. The van der Waals surface area contributed by atoms with Crippen molar-refractivity contribution in [2.75, 3.05) is 7.05 Å².